The summed E-state index contributed by atoms with van der Waals surface area (Å²) in [4.78, 5) is 33.2. The number of hydroxylamine groups is 2. The number of rotatable bonds is 7. The van der Waals surface area contributed by atoms with Crippen molar-refractivity contribution in [1.29, 1.82) is 0 Å². The molecule has 1 spiro atoms. The lowest BCUT2D eigenvalue weighted by Gasteiger charge is -2.45. The highest BCUT2D eigenvalue weighted by Crippen LogP contribution is 2.44. The van der Waals surface area contributed by atoms with Gasteiger partial charge in [-0.15, -0.1) is 0 Å². The van der Waals surface area contributed by atoms with Crippen LogP contribution in [0.2, 0.25) is 0 Å². The van der Waals surface area contributed by atoms with Crippen LogP contribution in [0, 0.1) is 5.92 Å². The highest BCUT2D eigenvalue weighted by Gasteiger charge is 2.58. The Morgan fingerprint density at radius 3 is 2.67 bits per heavy atom. The summed E-state index contributed by atoms with van der Waals surface area (Å²) in [6, 6.07) is 10.0. The van der Waals surface area contributed by atoms with E-state index in [0.717, 1.165) is 29.8 Å². The van der Waals surface area contributed by atoms with Crippen LogP contribution in [0.5, 0.6) is 0 Å². The average molecular weight is 416 g/mol. The molecule has 0 N–H and O–H groups in total. The van der Waals surface area contributed by atoms with Crippen LogP contribution in [0.1, 0.15) is 25.0 Å². The number of para-hydroxylation sites is 1. The molecule has 1 aromatic carbocycles. The van der Waals surface area contributed by atoms with Crippen LogP contribution in [-0.2, 0) is 30.4 Å². The first-order valence-corrected chi connectivity index (χ1v) is 10.3. The number of piperidine rings is 1. The number of benzene rings is 1. The van der Waals surface area contributed by atoms with Crippen molar-refractivity contribution in [2.45, 2.75) is 31.3 Å². The lowest BCUT2D eigenvalue weighted by atomic mass is 9.77. The molecule has 0 aliphatic carbocycles. The van der Waals surface area contributed by atoms with Crippen molar-refractivity contribution >= 4 is 22.8 Å². The van der Waals surface area contributed by atoms with E-state index in [9.17, 15) is 9.59 Å². The topological polar surface area (TPSA) is 81.5 Å². The van der Waals surface area contributed by atoms with E-state index in [1.807, 2.05) is 24.3 Å². The lowest BCUT2D eigenvalue weighted by molar-refractivity contribution is -0.227. The molecular formula is C22H28N2O6. The fourth-order valence-corrected chi connectivity index (χ4v) is 4.68. The van der Waals surface area contributed by atoms with E-state index in [1.165, 1.54) is 12.2 Å². The number of ether oxygens (including phenoxy) is 2. The second-order valence-electron chi connectivity index (χ2n) is 7.92. The van der Waals surface area contributed by atoms with Crippen LogP contribution in [0.4, 0.5) is 0 Å². The van der Waals surface area contributed by atoms with Crippen LogP contribution >= 0.6 is 0 Å². The smallest absolute Gasteiger partial charge is 0.311 e. The minimum atomic E-state index is -0.678. The number of hydrogen-bond donors (Lipinski definition) is 0. The molecule has 1 atom stereocenters. The first kappa shape index (κ1) is 20.8. The minimum absolute atomic E-state index is 0.114. The van der Waals surface area contributed by atoms with E-state index < -0.39 is 11.5 Å². The van der Waals surface area contributed by atoms with Crippen molar-refractivity contribution in [3.05, 3.63) is 36.1 Å². The van der Waals surface area contributed by atoms with Gasteiger partial charge in [-0.25, -0.2) is 5.06 Å². The van der Waals surface area contributed by atoms with Crippen molar-refractivity contribution < 1.29 is 28.3 Å². The molecule has 0 saturated carbocycles. The van der Waals surface area contributed by atoms with E-state index in [4.69, 9.17) is 18.7 Å². The van der Waals surface area contributed by atoms with Crippen LogP contribution in [0.25, 0.3) is 11.0 Å². The maximum atomic E-state index is 12.7. The Morgan fingerprint density at radius 2 is 1.97 bits per heavy atom. The quantitative estimate of drug-likeness (QED) is 0.506. The molecule has 162 valence electrons. The summed E-state index contributed by atoms with van der Waals surface area (Å²) in [5, 5.41) is 2.53. The van der Waals surface area contributed by atoms with Crippen LogP contribution in [0.3, 0.4) is 0 Å². The van der Waals surface area contributed by atoms with Gasteiger partial charge in [0.1, 0.15) is 11.3 Å². The number of methoxy groups -OCH3 is 2. The molecule has 2 aromatic rings. The van der Waals surface area contributed by atoms with Crippen molar-refractivity contribution in [3.8, 4) is 0 Å². The predicted molar refractivity (Wildman–Crippen MR) is 108 cm³/mol. The predicted octanol–water partition coefficient (Wildman–Crippen LogP) is 2.37. The monoisotopic (exact) mass is 416 g/mol. The number of nitrogens with zero attached hydrogens (tertiary/aromatic N) is 2. The zero-order valence-electron chi connectivity index (χ0n) is 17.5. The molecule has 2 fully saturated rings. The van der Waals surface area contributed by atoms with Crippen molar-refractivity contribution in [2.75, 3.05) is 40.5 Å². The van der Waals surface area contributed by atoms with Gasteiger partial charge in [0, 0.05) is 32.0 Å². The van der Waals surface area contributed by atoms with Crippen molar-refractivity contribution in [3.63, 3.8) is 0 Å². The first-order valence-electron chi connectivity index (χ1n) is 10.3. The molecule has 8 nitrogen and oxygen atoms in total. The first-order chi connectivity index (χ1) is 14.6. The van der Waals surface area contributed by atoms with E-state index >= 15 is 0 Å². The van der Waals surface area contributed by atoms with E-state index in [2.05, 4.69) is 11.0 Å². The molecule has 0 radical (unpaired) electrons. The molecule has 3 heterocycles. The number of likely N-dealkylation sites (tertiary alicyclic amines) is 1. The Morgan fingerprint density at radius 1 is 1.20 bits per heavy atom. The summed E-state index contributed by atoms with van der Waals surface area (Å²) in [6.45, 7) is 2.78. The van der Waals surface area contributed by atoms with E-state index in [0.29, 0.717) is 26.0 Å². The molecule has 2 aliphatic heterocycles. The normalized spacial score (nSPS) is 21.6. The number of carbonyl (C=O) groups is 2. The molecule has 1 amide bonds. The Hall–Kier alpha value is -2.42. The largest absolute Gasteiger partial charge is 0.469 e. The summed E-state index contributed by atoms with van der Waals surface area (Å²) in [6.07, 6.45) is 1.38. The number of fused-ring (bicyclic) bond motifs is 1. The lowest BCUT2D eigenvalue weighted by Crippen LogP contribution is -2.57. The zero-order chi connectivity index (χ0) is 21.1. The van der Waals surface area contributed by atoms with Crippen LogP contribution in [0.15, 0.2) is 34.7 Å². The summed E-state index contributed by atoms with van der Waals surface area (Å²) in [7, 11) is 2.95. The Labute approximate surface area is 175 Å². The second kappa shape index (κ2) is 8.75. The molecule has 1 aromatic heterocycles. The maximum Gasteiger partial charge on any atom is 0.311 e. The average Bonchev–Trinajstić information content (AvgIpc) is 3.28. The minimum Gasteiger partial charge on any atom is -0.469 e. The van der Waals surface area contributed by atoms with Gasteiger partial charge < -0.3 is 13.9 Å². The number of esters is 1. The van der Waals surface area contributed by atoms with Crippen molar-refractivity contribution in [1.82, 2.24) is 9.96 Å². The van der Waals surface area contributed by atoms with Crippen LogP contribution in [-0.4, -0.2) is 67.9 Å². The van der Waals surface area contributed by atoms with E-state index in [-0.39, 0.29) is 24.9 Å². The highest BCUT2D eigenvalue weighted by atomic mass is 16.7. The maximum absolute atomic E-state index is 12.7. The second-order valence-corrected chi connectivity index (χ2v) is 7.92. The molecule has 30 heavy (non-hydrogen) atoms. The van der Waals surface area contributed by atoms with Gasteiger partial charge in [-0.1, -0.05) is 18.2 Å². The number of hydrogen-bond acceptors (Lipinski definition) is 7. The molecule has 0 unspecified atom stereocenters. The molecule has 2 saturated heterocycles. The Balaban J connectivity index is 1.47. The molecule has 2 aliphatic rings. The van der Waals surface area contributed by atoms with Gasteiger partial charge in [0.2, 0.25) is 5.91 Å². The zero-order valence-corrected chi connectivity index (χ0v) is 17.5. The fourth-order valence-electron chi connectivity index (χ4n) is 4.68. The molecule has 0 bridgehead atoms. The molecule has 8 heteroatoms. The Bertz CT molecular complexity index is 869. The van der Waals surface area contributed by atoms with Gasteiger partial charge in [-0.3, -0.25) is 19.3 Å². The van der Waals surface area contributed by atoms with E-state index in [1.54, 1.807) is 7.11 Å². The third kappa shape index (κ3) is 3.82. The summed E-state index contributed by atoms with van der Waals surface area (Å²) in [5.41, 5.74) is 0.202. The van der Waals surface area contributed by atoms with Gasteiger partial charge in [0.15, 0.2) is 0 Å². The number of furan rings is 1. The van der Waals surface area contributed by atoms with Gasteiger partial charge in [0.05, 0.1) is 38.3 Å². The third-order valence-electron chi connectivity index (χ3n) is 6.23. The Kier molecular flexibility index (Phi) is 6.08. The third-order valence-corrected chi connectivity index (χ3v) is 6.23. The summed E-state index contributed by atoms with van der Waals surface area (Å²) < 4.78 is 16.0. The van der Waals surface area contributed by atoms with Gasteiger partial charge in [0.25, 0.3) is 0 Å². The van der Waals surface area contributed by atoms with Gasteiger partial charge in [-0.2, -0.15) is 0 Å². The van der Waals surface area contributed by atoms with Gasteiger partial charge >= 0.3 is 5.97 Å². The SMILES string of the molecule is COCCON1C(=O)C[C@@H](C(=O)OC)C12CCN(Cc1cc3ccccc3o1)CC2. The van der Waals surface area contributed by atoms with Crippen LogP contribution < -0.4 is 0 Å². The molecule has 4 rings (SSSR count). The number of amides is 1. The number of carbonyl (C=O) groups excluding carboxylic acids is 2. The standard InChI is InChI=1S/C22H28N2O6/c1-27-11-12-29-24-20(25)14-18(21(26)28-2)22(24)7-9-23(10-8-22)15-17-13-16-5-3-4-6-19(16)30-17/h3-6,13,18H,7-12,14-15H2,1-2H3/t18-/m0/s1. The summed E-state index contributed by atoms with van der Waals surface area (Å²) in [5.74, 6) is -0.141. The fraction of sp³-hybridized carbons (Fsp3) is 0.545. The molecular weight excluding hydrogens is 388 g/mol. The highest BCUT2D eigenvalue weighted by molar-refractivity contribution is 5.88. The van der Waals surface area contributed by atoms with Gasteiger partial charge in [-0.05, 0) is 25.0 Å². The summed E-state index contributed by atoms with van der Waals surface area (Å²) >= 11 is 0. The van der Waals surface area contributed by atoms with Crippen molar-refractivity contribution in [2.24, 2.45) is 5.92 Å².